The van der Waals surface area contributed by atoms with Gasteiger partial charge in [-0.15, -0.1) is 6.58 Å². The van der Waals surface area contributed by atoms with Crippen molar-refractivity contribution in [2.45, 2.75) is 44.6 Å². The highest BCUT2D eigenvalue weighted by Crippen LogP contribution is 2.46. The van der Waals surface area contributed by atoms with Crippen LogP contribution in [0, 0.1) is 5.92 Å². The molecule has 0 bridgehead atoms. The maximum Gasteiger partial charge on any atom is 0.0246 e. The van der Waals surface area contributed by atoms with Crippen LogP contribution in [0.1, 0.15) is 39.0 Å². The molecule has 0 radical (unpaired) electrons. The lowest BCUT2D eigenvalue weighted by Crippen LogP contribution is -2.42. The Morgan fingerprint density at radius 2 is 2.33 bits per heavy atom. The average Bonchev–Trinajstić information content (AvgIpc) is 2.75. The van der Waals surface area contributed by atoms with Crippen molar-refractivity contribution in [3.05, 3.63) is 12.2 Å². The molecule has 12 heavy (non-hydrogen) atoms. The molecular formula is C11H19N. The first-order chi connectivity index (χ1) is 5.73. The zero-order valence-corrected chi connectivity index (χ0v) is 8.03. The van der Waals surface area contributed by atoms with E-state index in [1.54, 1.807) is 0 Å². The van der Waals surface area contributed by atoms with Gasteiger partial charge in [0.25, 0.3) is 0 Å². The third-order valence-corrected chi connectivity index (χ3v) is 3.25. The van der Waals surface area contributed by atoms with Crippen LogP contribution in [-0.2, 0) is 0 Å². The van der Waals surface area contributed by atoms with Gasteiger partial charge in [0.1, 0.15) is 0 Å². The summed E-state index contributed by atoms with van der Waals surface area (Å²) in [6.07, 6.45) is 6.84. The molecule has 2 fully saturated rings. The summed E-state index contributed by atoms with van der Waals surface area (Å²) in [7, 11) is 0. The Balaban J connectivity index is 2.04. The lowest BCUT2D eigenvalue weighted by molar-refractivity contribution is 0.323. The molecule has 1 atom stereocenters. The highest BCUT2D eigenvalue weighted by atomic mass is 15.0. The standard InChI is InChI=1S/C11H19N/c1-9(2)8-11(10-4-5-10)6-3-7-12-11/h10,12H,1,3-8H2,2H3. The molecule has 68 valence electrons. The van der Waals surface area contributed by atoms with Gasteiger partial charge in [-0.1, -0.05) is 5.57 Å². The second-order valence-corrected chi connectivity index (χ2v) is 4.59. The molecule has 0 spiro atoms. The van der Waals surface area contributed by atoms with Crippen molar-refractivity contribution in [2.24, 2.45) is 5.92 Å². The second kappa shape index (κ2) is 2.88. The SMILES string of the molecule is C=C(C)CC1(C2CC2)CCCN1. The largest absolute Gasteiger partial charge is 0.311 e. The Kier molecular flexibility index (Phi) is 1.99. The fourth-order valence-corrected chi connectivity index (χ4v) is 2.65. The number of rotatable bonds is 3. The molecule has 1 saturated heterocycles. The van der Waals surface area contributed by atoms with Gasteiger partial charge < -0.3 is 5.32 Å². The van der Waals surface area contributed by atoms with Crippen LogP contribution >= 0.6 is 0 Å². The molecule has 0 aromatic rings. The first kappa shape index (κ1) is 8.31. The van der Waals surface area contributed by atoms with E-state index in [0.29, 0.717) is 5.54 Å². The topological polar surface area (TPSA) is 12.0 Å². The highest BCUT2D eigenvalue weighted by molar-refractivity contribution is 5.10. The molecule has 0 amide bonds. The van der Waals surface area contributed by atoms with Gasteiger partial charge in [-0.05, 0) is 51.5 Å². The minimum absolute atomic E-state index is 0.478. The summed E-state index contributed by atoms with van der Waals surface area (Å²) in [6.45, 7) is 7.42. The smallest absolute Gasteiger partial charge is 0.0246 e. The molecule has 0 aromatic carbocycles. The summed E-state index contributed by atoms with van der Waals surface area (Å²) >= 11 is 0. The lowest BCUT2D eigenvalue weighted by Gasteiger charge is -2.30. The monoisotopic (exact) mass is 165 g/mol. The van der Waals surface area contributed by atoms with Crippen LogP contribution in [0.25, 0.3) is 0 Å². The van der Waals surface area contributed by atoms with Gasteiger partial charge in [-0.25, -0.2) is 0 Å². The fourth-order valence-electron chi connectivity index (χ4n) is 2.65. The molecule has 1 aliphatic heterocycles. The van der Waals surface area contributed by atoms with Crippen molar-refractivity contribution in [3.8, 4) is 0 Å². The zero-order valence-electron chi connectivity index (χ0n) is 8.03. The van der Waals surface area contributed by atoms with E-state index in [-0.39, 0.29) is 0 Å². The summed E-state index contributed by atoms with van der Waals surface area (Å²) in [5, 5.41) is 3.70. The van der Waals surface area contributed by atoms with Crippen molar-refractivity contribution in [1.29, 1.82) is 0 Å². The molecular weight excluding hydrogens is 146 g/mol. The van der Waals surface area contributed by atoms with E-state index in [2.05, 4.69) is 18.8 Å². The zero-order chi connectivity index (χ0) is 8.60. The van der Waals surface area contributed by atoms with Crippen LogP contribution in [-0.4, -0.2) is 12.1 Å². The van der Waals surface area contributed by atoms with Crippen LogP contribution < -0.4 is 5.32 Å². The molecule has 1 aliphatic carbocycles. The van der Waals surface area contributed by atoms with Crippen molar-refractivity contribution < 1.29 is 0 Å². The van der Waals surface area contributed by atoms with Gasteiger partial charge in [-0.2, -0.15) is 0 Å². The van der Waals surface area contributed by atoms with Crippen molar-refractivity contribution in [2.75, 3.05) is 6.54 Å². The molecule has 1 nitrogen and oxygen atoms in total. The maximum absolute atomic E-state index is 4.03. The summed E-state index contributed by atoms with van der Waals surface area (Å²) in [5.41, 5.74) is 1.82. The average molecular weight is 165 g/mol. The van der Waals surface area contributed by atoms with Gasteiger partial charge >= 0.3 is 0 Å². The summed E-state index contributed by atoms with van der Waals surface area (Å²) in [6, 6.07) is 0. The van der Waals surface area contributed by atoms with Crippen LogP contribution in [0.2, 0.25) is 0 Å². The van der Waals surface area contributed by atoms with E-state index in [1.807, 2.05) is 0 Å². The quantitative estimate of drug-likeness (QED) is 0.633. The number of hydrogen-bond acceptors (Lipinski definition) is 1. The Labute approximate surface area is 75.2 Å². The van der Waals surface area contributed by atoms with Crippen LogP contribution in [0.15, 0.2) is 12.2 Å². The highest BCUT2D eigenvalue weighted by Gasteiger charge is 2.46. The van der Waals surface area contributed by atoms with Crippen LogP contribution in [0.5, 0.6) is 0 Å². The van der Waals surface area contributed by atoms with Gasteiger partial charge in [0, 0.05) is 5.54 Å². The summed E-state index contributed by atoms with van der Waals surface area (Å²) < 4.78 is 0. The summed E-state index contributed by atoms with van der Waals surface area (Å²) in [4.78, 5) is 0. The molecule has 1 N–H and O–H groups in total. The Hall–Kier alpha value is -0.300. The van der Waals surface area contributed by atoms with Gasteiger partial charge in [0.2, 0.25) is 0 Å². The molecule has 1 unspecified atom stereocenters. The van der Waals surface area contributed by atoms with Crippen molar-refractivity contribution in [1.82, 2.24) is 5.32 Å². The predicted octanol–water partition coefficient (Wildman–Crippen LogP) is 2.48. The van der Waals surface area contributed by atoms with Crippen molar-refractivity contribution >= 4 is 0 Å². The van der Waals surface area contributed by atoms with Crippen LogP contribution in [0.3, 0.4) is 0 Å². The normalized spacial score (nSPS) is 35.4. The predicted molar refractivity (Wildman–Crippen MR) is 52.1 cm³/mol. The van der Waals surface area contributed by atoms with Crippen LogP contribution in [0.4, 0.5) is 0 Å². The van der Waals surface area contributed by atoms with E-state index < -0.39 is 0 Å². The maximum atomic E-state index is 4.03. The molecule has 2 rings (SSSR count). The minimum atomic E-state index is 0.478. The van der Waals surface area contributed by atoms with Gasteiger partial charge in [-0.3, -0.25) is 0 Å². The first-order valence-electron chi connectivity index (χ1n) is 5.12. The number of nitrogens with one attached hydrogen (secondary N) is 1. The number of hydrogen-bond donors (Lipinski definition) is 1. The lowest BCUT2D eigenvalue weighted by atomic mass is 9.85. The van der Waals surface area contributed by atoms with E-state index in [9.17, 15) is 0 Å². The third-order valence-electron chi connectivity index (χ3n) is 3.25. The minimum Gasteiger partial charge on any atom is -0.311 e. The Bertz CT molecular complexity index is 185. The van der Waals surface area contributed by atoms with E-state index in [0.717, 1.165) is 5.92 Å². The van der Waals surface area contributed by atoms with Gasteiger partial charge in [0.05, 0.1) is 0 Å². The second-order valence-electron chi connectivity index (χ2n) is 4.59. The molecule has 1 heteroatoms. The first-order valence-corrected chi connectivity index (χ1v) is 5.12. The van der Waals surface area contributed by atoms with E-state index in [1.165, 1.54) is 44.2 Å². The molecule has 1 heterocycles. The Morgan fingerprint density at radius 3 is 2.75 bits per heavy atom. The molecule has 1 saturated carbocycles. The van der Waals surface area contributed by atoms with E-state index in [4.69, 9.17) is 0 Å². The third kappa shape index (κ3) is 1.42. The Morgan fingerprint density at radius 1 is 1.58 bits per heavy atom. The summed E-state index contributed by atoms with van der Waals surface area (Å²) in [5.74, 6) is 0.969. The van der Waals surface area contributed by atoms with Gasteiger partial charge in [0.15, 0.2) is 0 Å². The van der Waals surface area contributed by atoms with Crippen molar-refractivity contribution in [3.63, 3.8) is 0 Å². The van der Waals surface area contributed by atoms with E-state index >= 15 is 0 Å². The molecule has 2 aliphatic rings. The fraction of sp³-hybridized carbons (Fsp3) is 0.818. The molecule has 0 aromatic heterocycles.